The second-order valence-electron chi connectivity index (χ2n) is 9.77. The summed E-state index contributed by atoms with van der Waals surface area (Å²) < 4.78 is 17.5. The van der Waals surface area contributed by atoms with E-state index in [0.717, 1.165) is 50.5 Å². The Morgan fingerprint density at radius 3 is 2.46 bits per heavy atom. The van der Waals surface area contributed by atoms with E-state index in [2.05, 4.69) is 10.0 Å². The summed E-state index contributed by atoms with van der Waals surface area (Å²) in [4.78, 5) is 16.6. The molecule has 0 bridgehead atoms. The Hall–Kier alpha value is -2.24. The average molecular weight is 521 g/mol. The highest BCUT2D eigenvalue weighted by molar-refractivity contribution is 5.73. The Morgan fingerprint density at radius 2 is 1.78 bits per heavy atom. The fourth-order valence-corrected chi connectivity index (χ4v) is 4.99. The van der Waals surface area contributed by atoms with Gasteiger partial charge in [-0.05, 0) is 18.4 Å². The minimum absolute atomic E-state index is 0.119. The predicted molar refractivity (Wildman–Crippen MR) is 135 cm³/mol. The number of hydrogen-bond acceptors (Lipinski definition) is 8. The number of benzene rings is 1. The molecule has 0 radical (unpaired) electrons. The molecule has 0 spiro atoms. The number of ether oxygens (including phenoxy) is 3. The number of rotatable bonds is 14. The van der Waals surface area contributed by atoms with Crippen LogP contribution < -0.4 is 0 Å². The molecule has 0 saturated carbocycles. The summed E-state index contributed by atoms with van der Waals surface area (Å²) in [6.07, 6.45) is 2.21. The Bertz CT molecular complexity index is 870. The first kappa shape index (κ1) is 29.3. The van der Waals surface area contributed by atoms with Gasteiger partial charge in [-0.2, -0.15) is 0 Å². The zero-order valence-corrected chi connectivity index (χ0v) is 21.5. The van der Waals surface area contributed by atoms with Crippen LogP contribution >= 0.6 is 0 Å². The minimum atomic E-state index is -1.34. The van der Waals surface area contributed by atoms with Gasteiger partial charge in [-0.1, -0.05) is 74.0 Å². The molecule has 11 nitrogen and oxygen atoms in total. The van der Waals surface area contributed by atoms with Crippen molar-refractivity contribution in [1.29, 1.82) is 0 Å². The summed E-state index contributed by atoms with van der Waals surface area (Å²) >= 11 is 0. The van der Waals surface area contributed by atoms with Crippen molar-refractivity contribution in [2.75, 3.05) is 19.7 Å². The quantitative estimate of drug-likeness (QED) is 0.147. The number of carbonyl (C=O) groups is 1. The van der Waals surface area contributed by atoms with Crippen molar-refractivity contribution in [2.24, 2.45) is 5.11 Å². The molecule has 2 fully saturated rings. The van der Waals surface area contributed by atoms with Crippen molar-refractivity contribution < 1.29 is 34.3 Å². The number of azide groups is 1. The zero-order valence-electron chi connectivity index (χ0n) is 21.5. The van der Waals surface area contributed by atoms with E-state index in [1.165, 1.54) is 11.8 Å². The average Bonchev–Trinajstić information content (AvgIpc) is 2.90. The van der Waals surface area contributed by atoms with Crippen LogP contribution in [0.2, 0.25) is 0 Å². The molecular weight excluding hydrogens is 480 g/mol. The first-order chi connectivity index (χ1) is 17.9. The van der Waals surface area contributed by atoms with E-state index in [-0.39, 0.29) is 19.1 Å². The van der Waals surface area contributed by atoms with Gasteiger partial charge in [0.2, 0.25) is 5.91 Å². The van der Waals surface area contributed by atoms with E-state index in [4.69, 9.17) is 19.7 Å². The molecule has 1 aromatic rings. The van der Waals surface area contributed by atoms with Gasteiger partial charge in [-0.25, -0.2) is 0 Å². The first-order valence-electron chi connectivity index (χ1n) is 13.2. The molecule has 3 rings (SSSR count). The molecule has 2 aliphatic rings. The molecule has 3 N–H and O–H groups in total. The fraction of sp³-hybridized carbons (Fsp3) is 0.731. The highest BCUT2D eigenvalue weighted by atomic mass is 16.7. The Morgan fingerprint density at radius 1 is 1.11 bits per heavy atom. The van der Waals surface area contributed by atoms with E-state index in [9.17, 15) is 20.1 Å². The van der Waals surface area contributed by atoms with Gasteiger partial charge in [0.1, 0.15) is 24.4 Å². The van der Waals surface area contributed by atoms with Crippen molar-refractivity contribution in [3.8, 4) is 0 Å². The second kappa shape index (κ2) is 15.2. The molecule has 1 aromatic carbocycles. The van der Waals surface area contributed by atoms with Crippen molar-refractivity contribution in [3.05, 3.63) is 46.3 Å². The van der Waals surface area contributed by atoms with Crippen LogP contribution in [0.5, 0.6) is 0 Å². The van der Waals surface area contributed by atoms with Crippen LogP contribution in [0.15, 0.2) is 35.4 Å². The lowest BCUT2D eigenvalue weighted by atomic mass is 9.94. The van der Waals surface area contributed by atoms with E-state index in [1.807, 2.05) is 30.3 Å². The second-order valence-corrected chi connectivity index (χ2v) is 9.77. The SMILES string of the molecule is CC(=O)N(CCCCCCCCCC(O)CN=[N+]=[N-])[C@@H]1[C@@H](O)[C@@H]2OC(c3ccccc3)OC[C@H]2O[C@H]1O. The van der Waals surface area contributed by atoms with Crippen molar-refractivity contribution in [3.63, 3.8) is 0 Å². The monoisotopic (exact) mass is 520 g/mol. The van der Waals surface area contributed by atoms with Crippen LogP contribution in [0.1, 0.15) is 70.1 Å². The van der Waals surface area contributed by atoms with Crippen LogP contribution in [0.3, 0.4) is 0 Å². The fourth-order valence-electron chi connectivity index (χ4n) is 4.99. The summed E-state index contributed by atoms with van der Waals surface area (Å²) in [6, 6.07) is 8.49. The van der Waals surface area contributed by atoms with Gasteiger partial charge in [0.05, 0.1) is 19.3 Å². The lowest BCUT2D eigenvalue weighted by molar-refractivity contribution is -0.345. The van der Waals surface area contributed by atoms with Gasteiger partial charge >= 0.3 is 0 Å². The summed E-state index contributed by atoms with van der Waals surface area (Å²) in [6.45, 7) is 2.12. The van der Waals surface area contributed by atoms with E-state index >= 15 is 0 Å². The molecule has 2 saturated heterocycles. The van der Waals surface area contributed by atoms with E-state index in [0.29, 0.717) is 13.0 Å². The van der Waals surface area contributed by atoms with Crippen LogP contribution in [0, 0.1) is 0 Å². The van der Waals surface area contributed by atoms with Gasteiger partial charge in [-0.3, -0.25) is 4.79 Å². The van der Waals surface area contributed by atoms with Gasteiger partial charge in [0.15, 0.2) is 12.6 Å². The van der Waals surface area contributed by atoms with Gasteiger partial charge in [-0.15, -0.1) is 0 Å². The minimum Gasteiger partial charge on any atom is -0.393 e. The number of fused-ring (bicyclic) bond motifs is 1. The van der Waals surface area contributed by atoms with Gasteiger partial charge in [0.25, 0.3) is 0 Å². The number of aliphatic hydroxyl groups excluding tert-OH is 3. The molecule has 37 heavy (non-hydrogen) atoms. The largest absolute Gasteiger partial charge is 0.393 e. The Balaban J connectivity index is 1.42. The lowest BCUT2D eigenvalue weighted by Gasteiger charge is -2.49. The molecule has 2 aliphatic heterocycles. The third kappa shape index (κ3) is 8.65. The maximum atomic E-state index is 12.5. The molecule has 206 valence electrons. The smallest absolute Gasteiger partial charge is 0.219 e. The highest BCUT2D eigenvalue weighted by Crippen LogP contribution is 2.35. The van der Waals surface area contributed by atoms with Crippen molar-refractivity contribution >= 4 is 5.91 Å². The summed E-state index contributed by atoms with van der Waals surface area (Å²) in [5, 5.41) is 34.9. The van der Waals surface area contributed by atoms with Crippen LogP contribution in [-0.4, -0.2) is 82.6 Å². The summed E-state index contributed by atoms with van der Waals surface area (Å²) in [5.74, 6) is -0.240. The standard InChI is InChI=1S/C26H40N4O7/c1-18(31)30(15-11-6-4-2-3-5-10-14-20(32)16-28-29-27)22-23(33)24-21(36-25(22)34)17-35-26(37-24)19-12-8-7-9-13-19/h7-9,12-13,20-26,32-34H,2-6,10-11,14-17H2,1H3/t20?,21-,22-,23-,24-,25-,26?/m1/s1. The number of unbranched alkanes of at least 4 members (excludes halogenated alkanes) is 6. The molecule has 11 heteroatoms. The maximum Gasteiger partial charge on any atom is 0.219 e. The number of amides is 1. The molecule has 2 heterocycles. The predicted octanol–water partition coefficient (Wildman–Crippen LogP) is 3.19. The Labute approximate surface area is 217 Å². The first-order valence-corrected chi connectivity index (χ1v) is 13.2. The molecule has 1 amide bonds. The van der Waals surface area contributed by atoms with E-state index < -0.39 is 43.0 Å². The molecule has 0 aliphatic carbocycles. The molecule has 0 aromatic heterocycles. The zero-order chi connectivity index (χ0) is 26.6. The lowest BCUT2D eigenvalue weighted by Crippen LogP contribution is -2.67. The Kier molecular flexibility index (Phi) is 12.1. The molecule has 2 unspecified atom stereocenters. The number of aliphatic hydroxyl groups is 3. The van der Waals surface area contributed by atoms with Crippen LogP contribution in [0.4, 0.5) is 0 Å². The normalized spacial score (nSPS) is 28.1. The van der Waals surface area contributed by atoms with E-state index in [1.54, 1.807) is 0 Å². The number of nitrogens with zero attached hydrogens (tertiary/aromatic N) is 4. The third-order valence-corrected chi connectivity index (χ3v) is 6.98. The van der Waals surface area contributed by atoms with Crippen LogP contribution in [-0.2, 0) is 19.0 Å². The van der Waals surface area contributed by atoms with Gasteiger partial charge < -0.3 is 34.4 Å². The maximum absolute atomic E-state index is 12.5. The van der Waals surface area contributed by atoms with Crippen molar-refractivity contribution in [2.45, 2.75) is 101 Å². The van der Waals surface area contributed by atoms with Crippen molar-refractivity contribution in [1.82, 2.24) is 4.90 Å². The number of hydrogen-bond donors (Lipinski definition) is 3. The summed E-state index contributed by atoms with van der Waals surface area (Å²) in [5.41, 5.74) is 9.09. The highest BCUT2D eigenvalue weighted by Gasteiger charge is 2.51. The summed E-state index contributed by atoms with van der Waals surface area (Å²) in [7, 11) is 0. The third-order valence-electron chi connectivity index (χ3n) is 6.98. The van der Waals surface area contributed by atoms with Gasteiger partial charge in [0, 0.05) is 23.9 Å². The van der Waals surface area contributed by atoms with Crippen LogP contribution in [0.25, 0.3) is 10.4 Å². The molecule has 7 atom stereocenters. The topological polar surface area (TPSA) is 157 Å². The number of carbonyl (C=O) groups excluding carboxylic acids is 1. The molecular formula is C26H40N4O7.